The fourth-order valence-electron chi connectivity index (χ4n) is 2.77. The molecule has 2 unspecified atom stereocenters. The first-order valence-corrected chi connectivity index (χ1v) is 7.98. The van der Waals surface area contributed by atoms with E-state index < -0.39 is 23.7 Å². The minimum absolute atomic E-state index is 0.0444. The zero-order chi connectivity index (χ0) is 18.7. The van der Waals surface area contributed by atoms with Crippen LogP contribution in [-0.2, 0) is 9.59 Å². The van der Waals surface area contributed by atoms with Gasteiger partial charge in [-0.1, -0.05) is 29.7 Å². The zero-order valence-electron chi connectivity index (χ0n) is 14.0. The highest BCUT2D eigenvalue weighted by molar-refractivity contribution is 6.30. The van der Waals surface area contributed by atoms with E-state index in [1.807, 2.05) is 6.92 Å². The number of hydrogen-bond acceptors (Lipinski definition) is 4. The molecule has 0 saturated carbocycles. The molecule has 2 aromatic rings. The Morgan fingerprint density at radius 2 is 2.08 bits per heavy atom. The quantitative estimate of drug-likeness (QED) is 0.813. The molecule has 8 heteroatoms. The molecule has 0 aliphatic carbocycles. The third kappa shape index (κ3) is 4.36. The first kappa shape index (κ1) is 18.9. The first-order chi connectivity index (χ1) is 11.7. The SMILES string of the molecule is Cc1noc(C)c1C(C)CC(=O)NC(C(=O)O)c1ccc(Cl)c(F)c1. The van der Waals surface area contributed by atoms with Crippen molar-refractivity contribution in [2.75, 3.05) is 0 Å². The van der Waals surface area contributed by atoms with Crippen LogP contribution in [0.25, 0.3) is 0 Å². The van der Waals surface area contributed by atoms with Crippen LogP contribution in [-0.4, -0.2) is 22.1 Å². The highest BCUT2D eigenvalue weighted by Gasteiger charge is 2.25. The van der Waals surface area contributed by atoms with E-state index in [0.717, 1.165) is 11.6 Å². The van der Waals surface area contributed by atoms with Gasteiger partial charge in [0.1, 0.15) is 11.6 Å². The first-order valence-electron chi connectivity index (χ1n) is 7.60. The minimum Gasteiger partial charge on any atom is -0.479 e. The molecule has 0 aliphatic heterocycles. The fourth-order valence-corrected chi connectivity index (χ4v) is 2.89. The molecule has 2 atom stereocenters. The van der Waals surface area contributed by atoms with Crippen LogP contribution in [0.5, 0.6) is 0 Å². The molecular weight excluding hydrogens is 351 g/mol. The number of carbonyl (C=O) groups excluding carboxylic acids is 1. The molecule has 6 nitrogen and oxygen atoms in total. The minimum atomic E-state index is -1.36. The second kappa shape index (κ2) is 7.65. The lowest BCUT2D eigenvalue weighted by molar-refractivity contribution is -0.142. The Hall–Kier alpha value is -2.41. The molecule has 25 heavy (non-hydrogen) atoms. The normalized spacial score (nSPS) is 13.3. The van der Waals surface area contributed by atoms with Gasteiger partial charge in [-0.25, -0.2) is 9.18 Å². The van der Waals surface area contributed by atoms with Crippen LogP contribution in [0.1, 0.15) is 47.9 Å². The number of carbonyl (C=O) groups is 2. The van der Waals surface area contributed by atoms with Crippen LogP contribution in [0.15, 0.2) is 22.7 Å². The molecule has 1 aromatic carbocycles. The van der Waals surface area contributed by atoms with Crippen molar-refractivity contribution in [3.05, 3.63) is 51.6 Å². The van der Waals surface area contributed by atoms with Crippen LogP contribution in [0.4, 0.5) is 4.39 Å². The fraction of sp³-hybridized carbons (Fsp3) is 0.353. The topological polar surface area (TPSA) is 92.4 Å². The Balaban J connectivity index is 2.13. The standard InChI is InChI=1S/C17H18ClFN2O4/c1-8(15-9(2)21-25-10(15)3)6-14(22)20-16(17(23)24)11-4-5-12(18)13(19)7-11/h4-5,7-8,16H,6H2,1-3H3,(H,20,22)(H,23,24). The van der Waals surface area contributed by atoms with E-state index in [9.17, 15) is 19.1 Å². The van der Waals surface area contributed by atoms with E-state index >= 15 is 0 Å². The predicted molar refractivity (Wildman–Crippen MR) is 88.9 cm³/mol. The number of amides is 1. The van der Waals surface area contributed by atoms with Crippen molar-refractivity contribution in [1.82, 2.24) is 10.5 Å². The third-order valence-corrected chi connectivity index (χ3v) is 4.21. The molecular formula is C17H18ClFN2O4. The highest BCUT2D eigenvalue weighted by Crippen LogP contribution is 2.26. The van der Waals surface area contributed by atoms with Gasteiger partial charge in [0.25, 0.3) is 0 Å². The van der Waals surface area contributed by atoms with Crippen molar-refractivity contribution in [2.24, 2.45) is 0 Å². The number of carboxylic acid groups (broad SMARTS) is 1. The summed E-state index contributed by atoms with van der Waals surface area (Å²) in [5, 5.41) is 15.5. The second-order valence-electron chi connectivity index (χ2n) is 5.86. The number of aliphatic carboxylic acids is 1. The van der Waals surface area contributed by atoms with Crippen LogP contribution < -0.4 is 5.32 Å². The van der Waals surface area contributed by atoms with Crippen molar-refractivity contribution >= 4 is 23.5 Å². The van der Waals surface area contributed by atoms with Gasteiger partial charge in [0, 0.05) is 12.0 Å². The van der Waals surface area contributed by atoms with E-state index in [4.69, 9.17) is 16.1 Å². The Labute approximate surface area is 149 Å². The number of carboxylic acids is 1. The van der Waals surface area contributed by atoms with Crippen molar-refractivity contribution in [1.29, 1.82) is 0 Å². The Kier molecular flexibility index (Phi) is 5.79. The van der Waals surface area contributed by atoms with Gasteiger partial charge >= 0.3 is 5.97 Å². The maximum Gasteiger partial charge on any atom is 0.330 e. The lowest BCUT2D eigenvalue weighted by atomic mass is 9.95. The molecule has 0 spiro atoms. The molecule has 0 aliphatic rings. The smallest absolute Gasteiger partial charge is 0.330 e. The van der Waals surface area contributed by atoms with Gasteiger partial charge in [-0.3, -0.25) is 4.79 Å². The summed E-state index contributed by atoms with van der Waals surface area (Å²) in [4.78, 5) is 23.7. The summed E-state index contributed by atoms with van der Waals surface area (Å²) < 4.78 is 18.7. The van der Waals surface area contributed by atoms with Gasteiger partial charge < -0.3 is 14.9 Å². The van der Waals surface area contributed by atoms with Crippen LogP contribution in [0.2, 0.25) is 5.02 Å². The number of nitrogens with zero attached hydrogens (tertiary/aromatic N) is 1. The van der Waals surface area contributed by atoms with E-state index in [1.54, 1.807) is 13.8 Å². The number of rotatable bonds is 6. The van der Waals surface area contributed by atoms with Gasteiger partial charge in [0.05, 0.1) is 10.7 Å². The summed E-state index contributed by atoms with van der Waals surface area (Å²) in [6.07, 6.45) is 0.0444. The molecule has 1 amide bonds. The summed E-state index contributed by atoms with van der Waals surface area (Å²) in [6.45, 7) is 5.35. The maximum atomic E-state index is 13.6. The molecule has 0 fully saturated rings. The average molecular weight is 369 g/mol. The van der Waals surface area contributed by atoms with Crippen LogP contribution >= 0.6 is 11.6 Å². The number of halogens is 2. The molecule has 1 aromatic heterocycles. The molecule has 0 radical (unpaired) electrons. The van der Waals surface area contributed by atoms with Crippen LogP contribution in [0.3, 0.4) is 0 Å². The average Bonchev–Trinajstić information content (AvgIpc) is 2.86. The second-order valence-corrected chi connectivity index (χ2v) is 6.26. The van der Waals surface area contributed by atoms with Gasteiger partial charge in [0.15, 0.2) is 6.04 Å². The number of nitrogens with one attached hydrogen (secondary N) is 1. The zero-order valence-corrected chi connectivity index (χ0v) is 14.7. The molecule has 0 bridgehead atoms. The van der Waals surface area contributed by atoms with Gasteiger partial charge in [-0.2, -0.15) is 0 Å². The number of aromatic nitrogens is 1. The monoisotopic (exact) mass is 368 g/mol. The van der Waals surface area contributed by atoms with E-state index in [1.165, 1.54) is 12.1 Å². The third-order valence-electron chi connectivity index (χ3n) is 3.90. The lowest BCUT2D eigenvalue weighted by Gasteiger charge is -2.17. The van der Waals surface area contributed by atoms with Crippen molar-refractivity contribution < 1.29 is 23.6 Å². The summed E-state index contributed by atoms with van der Waals surface area (Å²) in [6, 6.07) is 2.25. The molecule has 1 heterocycles. The van der Waals surface area contributed by atoms with Gasteiger partial charge in [0.2, 0.25) is 5.91 Å². The summed E-state index contributed by atoms with van der Waals surface area (Å²) in [7, 11) is 0. The van der Waals surface area contributed by atoms with Crippen molar-refractivity contribution in [2.45, 2.75) is 39.2 Å². The number of benzene rings is 1. The van der Waals surface area contributed by atoms with E-state index in [2.05, 4.69) is 10.5 Å². The Bertz CT molecular complexity index is 786. The molecule has 2 N–H and O–H groups in total. The summed E-state index contributed by atoms with van der Waals surface area (Å²) in [5.41, 5.74) is 1.61. The van der Waals surface area contributed by atoms with E-state index in [-0.39, 0.29) is 22.9 Å². The van der Waals surface area contributed by atoms with Gasteiger partial charge in [-0.15, -0.1) is 0 Å². The van der Waals surface area contributed by atoms with Crippen molar-refractivity contribution in [3.8, 4) is 0 Å². The highest BCUT2D eigenvalue weighted by atomic mass is 35.5. The summed E-state index contributed by atoms with van der Waals surface area (Å²) >= 11 is 5.60. The lowest BCUT2D eigenvalue weighted by Crippen LogP contribution is -2.34. The molecule has 0 saturated heterocycles. The summed E-state index contributed by atoms with van der Waals surface area (Å²) in [5.74, 6) is -2.10. The Morgan fingerprint density at radius 1 is 1.40 bits per heavy atom. The van der Waals surface area contributed by atoms with Gasteiger partial charge in [-0.05, 0) is 37.5 Å². The van der Waals surface area contributed by atoms with Crippen molar-refractivity contribution in [3.63, 3.8) is 0 Å². The van der Waals surface area contributed by atoms with Crippen LogP contribution in [0, 0.1) is 19.7 Å². The Morgan fingerprint density at radius 3 is 2.60 bits per heavy atom. The van der Waals surface area contributed by atoms with E-state index in [0.29, 0.717) is 11.5 Å². The predicted octanol–water partition coefficient (Wildman–Crippen LogP) is 3.52. The largest absolute Gasteiger partial charge is 0.479 e. The molecule has 2 rings (SSSR count). The number of hydrogen-bond donors (Lipinski definition) is 2. The maximum absolute atomic E-state index is 13.6. The molecule has 134 valence electrons. The number of aryl methyl sites for hydroxylation is 2.